The van der Waals surface area contributed by atoms with Gasteiger partial charge in [0.25, 0.3) is 0 Å². The summed E-state index contributed by atoms with van der Waals surface area (Å²) in [7, 11) is 0. The third-order valence-electron chi connectivity index (χ3n) is 13.3. The SMILES string of the molecule is CC1(C)c2ccccc2-c2cccc(-c3ccc(-c4ccc5oc6cccc(-c7nc(-c8cccc(-c9ccccc9)c8)nc(-c8ccc9c(c8)oc8ccccc89)n7)c6c5c4)cc3)c21. The van der Waals surface area contributed by atoms with Gasteiger partial charge in [-0.3, -0.25) is 0 Å². The Morgan fingerprint density at radius 2 is 0.862 bits per heavy atom. The van der Waals surface area contributed by atoms with Gasteiger partial charge in [0.15, 0.2) is 17.5 Å². The quantitative estimate of drug-likeness (QED) is 0.167. The average Bonchev–Trinajstić information content (AvgIpc) is 4.01. The van der Waals surface area contributed by atoms with Crippen molar-refractivity contribution in [3.05, 3.63) is 211 Å². The summed E-state index contributed by atoms with van der Waals surface area (Å²) in [6.45, 7) is 4.69. The first-order valence-electron chi connectivity index (χ1n) is 22.1. The molecule has 306 valence electrons. The molecule has 12 aromatic rings. The minimum absolute atomic E-state index is 0.0966. The Balaban J connectivity index is 0.937. The van der Waals surface area contributed by atoms with Crippen molar-refractivity contribution in [3.63, 3.8) is 0 Å². The van der Waals surface area contributed by atoms with E-state index in [9.17, 15) is 0 Å². The summed E-state index contributed by atoms with van der Waals surface area (Å²) in [4.78, 5) is 15.6. The summed E-state index contributed by atoms with van der Waals surface area (Å²) in [5.41, 5.74) is 18.0. The molecule has 5 nitrogen and oxygen atoms in total. The molecule has 65 heavy (non-hydrogen) atoms. The van der Waals surface area contributed by atoms with Gasteiger partial charge in [-0.2, -0.15) is 0 Å². The molecule has 0 atom stereocenters. The van der Waals surface area contributed by atoms with Gasteiger partial charge in [-0.1, -0.05) is 172 Å². The number of furan rings is 2. The summed E-state index contributed by atoms with van der Waals surface area (Å²) in [6, 6.07) is 70.2. The molecule has 0 N–H and O–H groups in total. The third kappa shape index (κ3) is 5.97. The van der Waals surface area contributed by atoms with Gasteiger partial charge in [-0.25, -0.2) is 15.0 Å². The number of benzene rings is 9. The monoisotopic (exact) mass is 833 g/mol. The van der Waals surface area contributed by atoms with Crippen molar-refractivity contribution >= 4 is 43.9 Å². The van der Waals surface area contributed by atoms with E-state index in [4.69, 9.17) is 23.8 Å². The van der Waals surface area contributed by atoms with E-state index < -0.39 is 0 Å². The zero-order valence-electron chi connectivity index (χ0n) is 35.7. The van der Waals surface area contributed by atoms with Crippen LogP contribution in [0.2, 0.25) is 0 Å². The van der Waals surface area contributed by atoms with Crippen LogP contribution in [0.15, 0.2) is 209 Å². The molecule has 0 unspecified atom stereocenters. The van der Waals surface area contributed by atoms with Crippen LogP contribution in [0.4, 0.5) is 0 Å². The maximum absolute atomic E-state index is 6.56. The summed E-state index contributed by atoms with van der Waals surface area (Å²) in [6.07, 6.45) is 0. The number of hydrogen-bond acceptors (Lipinski definition) is 5. The average molecular weight is 834 g/mol. The van der Waals surface area contributed by atoms with E-state index in [-0.39, 0.29) is 5.41 Å². The molecule has 9 aromatic carbocycles. The van der Waals surface area contributed by atoms with E-state index in [2.05, 4.69) is 172 Å². The molecule has 0 fully saturated rings. The van der Waals surface area contributed by atoms with Crippen LogP contribution in [0, 0.1) is 0 Å². The Hall–Kier alpha value is -8.41. The Bertz CT molecular complexity index is 3860. The van der Waals surface area contributed by atoms with Crippen molar-refractivity contribution < 1.29 is 8.83 Å². The lowest BCUT2D eigenvalue weighted by atomic mass is 9.79. The van der Waals surface area contributed by atoms with Crippen LogP contribution in [0.1, 0.15) is 25.0 Å². The molecule has 0 amide bonds. The fourth-order valence-electron chi connectivity index (χ4n) is 10.2. The van der Waals surface area contributed by atoms with Gasteiger partial charge in [-0.15, -0.1) is 0 Å². The van der Waals surface area contributed by atoms with E-state index in [1.54, 1.807) is 0 Å². The second kappa shape index (κ2) is 14.3. The molecular formula is C60H39N3O2. The summed E-state index contributed by atoms with van der Waals surface area (Å²) < 4.78 is 12.9. The second-order valence-electron chi connectivity index (χ2n) is 17.5. The van der Waals surface area contributed by atoms with Crippen molar-refractivity contribution in [1.29, 1.82) is 0 Å². The van der Waals surface area contributed by atoms with Gasteiger partial charge in [0.1, 0.15) is 22.3 Å². The van der Waals surface area contributed by atoms with Crippen molar-refractivity contribution in [2.75, 3.05) is 0 Å². The van der Waals surface area contributed by atoms with Crippen LogP contribution in [0.5, 0.6) is 0 Å². The third-order valence-corrected chi connectivity index (χ3v) is 13.3. The topological polar surface area (TPSA) is 65.0 Å². The summed E-state index contributed by atoms with van der Waals surface area (Å²) in [5, 5.41) is 4.08. The largest absolute Gasteiger partial charge is 0.456 e. The molecular weight excluding hydrogens is 795 g/mol. The van der Waals surface area contributed by atoms with E-state index >= 15 is 0 Å². The summed E-state index contributed by atoms with van der Waals surface area (Å²) in [5.74, 6) is 1.69. The molecule has 3 aromatic heterocycles. The van der Waals surface area contributed by atoms with Crippen LogP contribution in [-0.2, 0) is 5.41 Å². The van der Waals surface area contributed by atoms with Crippen molar-refractivity contribution in [3.8, 4) is 78.7 Å². The van der Waals surface area contributed by atoms with Gasteiger partial charge in [0, 0.05) is 43.7 Å². The maximum atomic E-state index is 6.56. The number of rotatable bonds is 6. The molecule has 1 aliphatic rings. The normalized spacial score (nSPS) is 12.9. The highest BCUT2D eigenvalue weighted by Crippen LogP contribution is 2.52. The van der Waals surface area contributed by atoms with Crippen molar-refractivity contribution in [2.24, 2.45) is 0 Å². The summed E-state index contributed by atoms with van der Waals surface area (Å²) >= 11 is 0. The first-order valence-corrected chi connectivity index (χ1v) is 22.1. The molecule has 3 heterocycles. The molecule has 5 heteroatoms. The van der Waals surface area contributed by atoms with Crippen LogP contribution < -0.4 is 0 Å². The molecule has 0 bridgehead atoms. The van der Waals surface area contributed by atoms with Crippen molar-refractivity contribution in [2.45, 2.75) is 19.3 Å². The fraction of sp³-hybridized carbons (Fsp3) is 0.0500. The van der Waals surface area contributed by atoms with Gasteiger partial charge in [0.2, 0.25) is 0 Å². The Morgan fingerprint density at radius 1 is 0.323 bits per heavy atom. The molecule has 0 saturated heterocycles. The highest BCUT2D eigenvalue weighted by atomic mass is 16.3. The lowest BCUT2D eigenvalue weighted by Gasteiger charge is -2.24. The molecule has 0 radical (unpaired) electrons. The first kappa shape index (κ1) is 37.2. The molecule has 0 spiro atoms. The molecule has 13 rings (SSSR count). The second-order valence-corrected chi connectivity index (χ2v) is 17.5. The van der Waals surface area contributed by atoms with Crippen LogP contribution in [-0.4, -0.2) is 15.0 Å². The van der Waals surface area contributed by atoms with Gasteiger partial charge in [-0.05, 0) is 98.1 Å². The Morgan fingerprint density at radius 3 is 1.74 bits per heavy atom. The van der Waals surface area contributed by atoms with Gasteiger partial charge < -0.3 is 8.83 Å². The number of nitrogens with zero attached hydrogens (tertiary/aromatic N) is 3. The lowest BCUT2D eigenvalue weighted by molar-refractivity contribution is 0.662. The van der Waals surface area contributed by atoms with Gasteiger partial charge in [0.05, 0.1) is 0 Å². The van der Waals surface area contributed by atoms with Crippen molar-refractivity contribution in [1.82, 2.24) is 15.0 Å². The number of para-hydroxylation sites is 1. The molecule has 1 aliphatic carbocycles. The zero-order valence-corrected chi connectivity index (χ0v) is 35.7. The lowest BCUT2D eigenvalue weighted by Crippen LogP contribution is -2.16. The smallest absolute Gasteiger partial charge is 0.164 e. The van der Waals surface area contributed by atoms with E-state index in [0.717, 1.165) is 82.8 Å². The number of hydrogen-bond donors (Lipinski definition) is 0. The highest BCUT2D eigenvalue weighted by Gasteiger charge is 2.37. The predicted molar refractivity (Wildman–Crippen MR) is 265 cm³/mol. The molecule has 0 saturated carbocycles. The van der Waals surface area contributed by atoms with Crippen LogP contribution in [0.3, 0.4) is 0 Å². The standard InChI is InChI=1S/C60H39N3O2/c1-60(2)50-22-8-6-17-44(50)47-20-11-19-43(56(47)60)38-27-25-37(26-28-38)40-30-32-52-49(34-40)55-48(21-12-24-53(55)64-52)59-62-57(41-16-10-15-39(33-41)36-13-4-3-5-14-36)61-58(63-59)42-29-31-46-45-18-7-9-23-51(45)65-54(46)35-42/h3-35H,1-2H3. The fourth-order valence-corrected chi connectivity index (χ4v) is 10.2. The Kier molecular flexibility index (Phi) is 8.18. The number of aromatic nitrogens is 3. The van der Waals surface area contributed by atoms with Gasteiger partial charge >= 0.3 is 0 Å². The van der Waals surface area contributed by atoms with Crippen LogP contribution >= 0.6 is 0 Å². The predicted octanol–water partition coefficient (Wildman–Crippen LogP) is 16.0. The van der Waals surface area contributed by atoms with E-state index in [1.165, 1.54) is 33.4 Å². The van der Waals surface area contributed by atoms with Crippen LogP contribution in [0.25, 0.3) is 123 Å². The van der Waals surface area contributed by atoms with E-state index in [1.807, 2.05) is 42.5 Å². The molecule has 0 aliphatic heterocycles. The highest BCUT2D eigenvalue weighted by molar-refractivity contribution is 6.13. The zero-order chi connectivity index (χ0) is 43.2. The first-order chi connectivity index (χ1) is 31.9. The Labute approximate surface area is 375 Å². The maximum Gasteiger partial charge on any atom is 0.164 e. The minimum Gasteiger partial charge on any atom is -0.456 e. The van der Waals surface area contributed by atoms with E-state index in [0.29, 0.717) is 17.5 Å². The minimum atomic E-state index is -0.0966. The number of fused-ring (bicyclic) bond motifs is 9.